The van der Waals surface area contributed by atoms with Crippen molar-refractivity contribution in [2.45, 2.75) is 51.2 Å². The van der Waals surface area contributed by atoms with Gasteiger partial charge < -0.3 is 4.74 Å². The molecule has 7 unspecified atom stereocenters. The molecule has 2 nitrogen and oxygen atoms in total. The van der Waals surface area contributed by atoms with E-state index in [1.54, 1.807) is 0 Å². The summed E-state index contributed by atoms with van der Waals surface area (Å²) in [5, 5.41) is 0. The summed E-state index contributed by atoms with van der Waals surface area (Å²) in [4.78, 5) is 2.80. The minimum atomic E-state index is 0.330. The Hall–Kier alpha value is -1.80. The summed E-state index contributed by atoms with van der Waals surface area (Å²) < 4.78 is 6.61. The molecular weight excluding hydrogens is 354 g/mol. The summed E-state index contributed by atoms with van der Waals surface area (Å²) in [6, 6.07) is 9.39. The van der Waals surface area contributed by atoms with E-state index in [0.29, 0.717) is 41.2 Å². The van der Waals surface area contributed by atoms with Gasteiger partial charge in [-0.25, -0.2) is 0 Å². The quantitative estimate of drug-likeness (QED) is 0.614. The van der Waals surface area contributed by atoms with Crippen molar-refractivity contribution < 1.29 is 4.74 Å². The second-order valence-electron chi connectivity index (χ2n) is 10.5. The average molecular weight is 388 g/mol. The van der Waals surface area contributed by atoms with Gasteiger partial charge in [-0.05, 0) is 55.0 Å². The molecule has 7 atom stereocenters. The first kappa shape index (κ1) is 18.0. The number of rotatable bonds is 2. The van der Waals surface area contributed by atoms with Crippen molar-refractivity contribution in [1.29, 1.82) is 0 Å². The van der Waals surface area contributed by atoms with Crippen molar-refractivity contribution in [3.63, 3.8) is 0 Å². The largest absolute Gasteiger partial charge is 0.489 e. The molecule has 0 saturated carbocycles. The molecule has 2 heteroatoms. The van der Waals surface area contributed by atoms with Crippen molar-refractivity contribution in [2.75, 3.05) is 13.1 Å². The van der Waals surface area contributed by atoms with Crippen LogP contribution in [-0.2, 0) is 0 Å². The maximum absolute atomic E-state index is 6.61. The Morgan fingerprint density at radius 2 is 1.97 bits per heavy atom. The molecule has 0 bridgehead atoms. The van der Waals surface area contributed by atoms with Gasteiger partial charge in [0.15, 0.2) is 0 Å². The summed E-state index contributed by atoms with van der Waals surface area (Å²) in [7, 11) is 0. The summed E-state index contributed by atoms with van der Waals surface area (Å²) in [6.07, 6.45) is 18.5. The van der Waals surface area contributed by atoms with Crippen LogP contribution >= 0.6 is 0 Å². The Bertz CT molecular complexity index is 880. The monoisotopic (exact) mass is 387 g/mol. The third-order valence-corrected chi connectivity index (χ3v) is 8.97. The first-order valence-corrected chi connectivity index (χ1v) is 11.6. The van der Waals surface area contributed by atoms with Gasteiger partial charge in [0.1, 0.15) is 11.9 Å². The van der Waals surface area contributed by atoms with E-state index < -0.39 is 0 Å². The molecule has 3 heterocycles. The van der Waals surface area contributed by atoms with Gasteiger partial charge in [0, 0.05) is 30.0 Å². The van der Waals surface area contributed by atoms with Crippen LogP contribution < -0.4 is 4.74 Å². The van der Waals surface area contributed by atoms with Crippen molar-refractivity contribution in [3.05, 3.63) is 66.3 Å². The lowest BCUT2D eigenvalue weighted by molar-refractivity contribution is 0.0182. The molecule has 152 valence electrons. The van der Waals surface area contributed by atoms with Crippen LogP contribution in [0.1, 0.15) is 44.6 Å². The number of para-hydroxylation sites is 1. The van der Waals surface area contributed by atoms with Crippen LogP contribution in [0.15, 0.2) is 60.7 Å². The zero-order valence-corrected chi connectivity index (χ0v) is 17.7. The smallest absolute Gasteiger partial charge is 0.123 e. The maximum atomic E-state index is 6.61. The molecule has 1 aromatic rings. The highest BCUT2D eigenvalue weighted by Gasteiger charge is 2.54. The molecule has 2 aliphatic carbocycles. The zero-order chi connectivity index (χ0) is 19.6. The molecule has 0 N–H and O–H groups in total. The van der Waals surface area contributed by atoms with Gasteiger partial charge in [0.25, 0.3) is 0 Å². The highest BCUT2D eigenvalue weighted by Crippen LogP contribution is 2.54. The van der Waals surface area contributed by atoms with Crippen LogP contribution in [0.25, 0.3) is 0 Å². The molecule has 3 aliphatic heterocycles. The number of fused-ring (bicyclic) bond motifs is 7. The van der Waals surface area contributed by atoms with Gasteiger partial charge >= 0.3 is 0 Å². The fraction of sp³-hybridized carbons (Fsp3) is 0.556. The Labute approximate surface area is 175 Å². The van der Waals surface area contributed by atoms with Crippen LogP contribution in [0.2, 0.25) is 0 Å². The van der Waals surface area contributed by atoms with Crippen LogP contribution in [0, 0.1) is 29.1 Å². The third kappa shape index (κ3) is 2.71. The lowest BCUT2D eigenvalue weighted by Gasteiger charge is -2.48. The summed E-state index contributed by atoms with van der Waals surface area (Å²) in [5.74, 6) is 4.34. The summed E-state index contributed by atoms with van der Waals surface area (Å²) >= 11 is 0. The molecular formula is C27H33NO. The number of ether oxygens (including phenoxy) is 1. The fourth-order valence-electron chi connectivity index (χ4n) is 7.17. The number of allylic oxidation sites excluding steroid dienone is 4. The molecule has 29 heavy (non-hydrogen) atoms. The zero-order valence-electron chi connectivity index (χ0n) is 17.7. The average Bonchev–Trinajstić information content (AvgIpc) is 3.31. The van der Waals surface area contributed by atoms with E-state index in [0.717, 1.165) is 11.7 Å². The second-order valence-corrected chi connectivity index (χ2v) is 10.5. The lowest BCUT2D eigenvalue weighted by atomic mass is 9.62. The summed E-state index contributed by atoms with van der Waals surface area (Å²) in [6.45, 7) is 7.54. The van der Waals surface area contributed by atoms with Crippen LogP contribution in [0.4, 0.5) is 0 Å². The minimum Gasteiger partial charge on any atom is -0.489 e. The maximum Gasteiger partial charge on any atom is 0.123 e. The highest BCUT2D eigenvalue weighted by atomic mass is 16.5. The highest BCUT2D eigenvalue weighted by molar-refractivity contribution is 5.45. The van der Waals surface area contributed by atoms with Crippen LogP contribution in [0.5, 0.6) is 5.75 Å². The van der Waals surface area contributed by atoms with Crippen molar-refractivity contribution in [1.82, 2.24) is 4.90 Å². The second kappa shape index (κ2) is 6.60. The molecule has 6 rings (SSSR count). The van der Waals surface area contributed by atoms with Gasteiger partial charge in [-0.3, -0.25) is 4.90 Å². The molecule has 0 radical (unpaired) electrons. The predicted octanol–water partition coefficient (Wildman–Crippen LogP) is 5.59. The van der Waals surface area contributed by atoms with E-state index in [1.807, 2.05) is 0 Å². The van der Waals surface area contributed by atoms with E-state index in [4.69, 9.17) is 4.74 Å². The van der Waals surface area contributed by atoms with E-state index in [-0.39, 0.29) is 0 Å². The summed E-state index contributed by atoms with van der Waals surface area (Å²) in [5.41, 5.74) is 1.76. The molecule has 2 fully saturated rings. The van der Waals surface area contributed by atoms with E-state index in [2.05, 4.69) is 79.5 Å². The molecule has 0 aromatic heterocycles. The van der Waals surface area contributed by atoms with E-state index >= 15 is 0 Å². The van der Waals surface area contributed by atoms with Crippen LogP contribution in [0.3, 0.4) is 0 Å². The van der Waals surface area contributed by atoms with Gasteiger partial charge in [-0.15, -0.1) is 0 Å². The Balaban J connectivity index is 1.27. The first-order chi connectivity index (χ1) is 14.1. The topological polar surface area (TPSA) is 12.5 Å². The predicted molar refractivity (Wildman–Crippen MR) is 118 cm³/mol. The molecule has 0 amide bonds. The molecule has 2 saturated heterocycles. The normalized spacial score (nSPS) is 40.1. The fourth-order valence-corrected chi connectivity index (χ4v) is 7.17. The van der Waals surface area contributed by atoms with E-state index in [9.17, 15) is 0 Å². The lowest BCUT2D eigenvalue weighted by Crippen LogP contribution is -2.49. The van der Waals surface area contributed by atoms with E-state index in [1.165, 1.54) is 37.9 Å². The number of piperidine rings is 1. The Morgan fingerprint density at radius 1 is 1.07 bits per heavy atom. The number of hydrogen-bond donors (Lipinski definition) is 0. The Morgan fingerprint density at radius 3 is 2.83 bits per heavy atom. The van der Waals surface area contributed by atoms with Gasteiger partial charge in [0.05, 0.1) is 0 Å². The number of benzene rings is 1. The van der Waals surface area contributed by atoms with Gasteiger partial charge in [-0.1, -0.05) is 68.5 Å². The van der Waals surface area contributed by atoms with Crippen molar-refractivity contribution in [3.8, 4) is 5.75 Å². The van der Waals surface area contributed by atoms with Crippen LogP contribution in [-0.4, -0.2) is 30.1 Å². The van der Waals surface area contributed by atoms with Crippen molar-refractivity contribution >= 4 is 0 Å². The molecule has 0 spiro atoms. The van der Waals surface area contributed by atoms with Gasteiger partial charge in [0.2, 0.25) is 0 Å². The third-order valence-electron chi connectivity index (χ3n) is 8.97. The number of hydrogen-bond acceptors (Lipinski definition) is 2. The number of nitrogens with zero attached hydrogens (tertiary/aromatic N) is 1. The molecule has 1 aromatic carbocycles. The van der Waals surface area contributed by atoms with Gasteiger partial charge in [-0.2, -0.15) is 0 Å². The molecule has 5 aliphatic rings. The standard InChI is InChI=1S/C27H33NO/c1-27(2,19-8-4-3-5-9-19)20-14-15-28-17-18-12-13-22-21-10-6-7-11-24(21)29-26(22)25(18)23(28)16-20/h3-8,10-13,18-20,22-23,25-26H,9,14-17H2,1-2H3. The first-order valence-electron chi connectivity index (χ1n) is 11.6. The minimum absolute atomic E-state index is 0.330. The SMILES string of the molecule is CC(C)(C1C=CC=CC1)C1CCN2CC3C=CC4c5ccccc5OC4C3C2C1. The van der Waals surface area contributed by atoms with Crippen molar-refractivity contribution in [2.24, 2.45) is 29.1 Å². The Kier molecular flexibility index (Phi) is 4.10.